The second kappa shape index (κ2) is 16.5. The minimum atomic E-state index is -3.09. The van der Waals surface area contributed by atoms with Crippen LogP contribution in [0.25, 0.3) is 33.7 Å². The van der Waals surface area contributed by atoms with E-state index >= 15 is 0 Å². The molecule has 0 spiro atoms. The minimum Gasteiger partial charge on any atom is -0.480 e. The fourth-order valence-electron chi connectivity index (χ4n) is 8.21. The number of halogens is 3. The molecular formula is C41H44ClF2N7O6. The largest absolute Gasteiger partial charge is 0.480 e. The van der Waals surface area contributed by atoms with Gasteiger partial charge in [-0.15, -0.1) is 0 Å². The number of aromatic nitrogens is 3. The van der Waals surface area contributed by atoms with Gasteiger partial charge >= 0.3 is 12.6 Å². The second-order valence-electron chi connectivity index (χ2n) is 14.8. The molecule has 0 unspecified atom stereocenters. The number of anilines is 1. The summed E-state index contributed by atoms with van der Waals surface area (Å²) < 4.78 is 45.3. The van der Waals surface area contributed by atoms with Gasteiger partial charge in [-0.05, 0) is 55.6 Å². The third-order valence-electron chi connectivity index (χ3n) is 11.3. The Hall–Kier alpha value is -4.93. The summed E-state index contributed by atoms with van der Waals surface area (Å²) in [4.78, 5) is 41.6. The van der Waals surface area contributed by atoms with Gasteiger partial charge in [0.05, 0.1) is 29.6 Å². The summed E-state index contributed by atoms with van der Waals surface area (Å²) in [5, 5.41) is 13.0. The molecule has 0 saturated carbocycles. The van der Waals surface area contributed by atoms with E-state index in [-0.39, 0.29) is 29.7 Å². The number of ether oxygens (including phenoxy) is 2. The van der Waals surface area contributed by atoms with Gasteiger partial charge in [-0.2, -0.15) is 8.78 Å². The Morgan fingerprint density at radius 1 is 1.02 bits per heavy atom. The number of hydrogen-bond donors (Lipinski definition) is 2. The number of alkyl halides is 2. The standard InChI is InChI=1S/C41H44ClF2N7O6/c1-24-26(6-3-7-27(24)39-47-30-20-25(22-51-12-5-10-33(51)40(53)54)34(57-41(43)44)21-35(30)56-39)28-8-4-9-29(36(28)42)46-38(52)37-45-31-23-50(13-11-32(31)48(37)2)15-14-49-16-18-55-19-17-49/h3-4,6-9,20-21,33,41H,5,10-19,22-23H2,1-2H3,(H,46,52)(H,53,54)/t33-/m0/s1. The number of carbonyl (C=O) groups is 2. The molecule has 0 aliphatic carbocycles. The van der Waals surface area contributed by atoms with Crippen LogP contribution in [-0.4, -0.2) is 111 Å². The summed E-state index contributed by atoms with van der Waals surface area (Å²) >= 11 is 7.03. The fraction of sp³-hybridized carbons (Fsp3) is 0.415. The van der Waals surface area contributed by atoms with Crippen LogP contribution in [0.15, 0.2) is 52.9 Å². The molecule has 0 bridgehead atoms. The van der Waals surface area contributed by atoms with Gasteiger partial charge in [0.15, 0.2) is 11.4 Å². The number of carboxylic acids is 1. The highest BCUT2D eigenvalue weighted by Crippen LogP contribution is 2.40. The van der Waals surface area contributed by atoms with E-state index in [4.69, 9.17) is 35.5 Å². The Morgan fingerprint density at radius 3 is 2.56 bits per heavy atom. The summed E-state index contributed by atoms with van der Waals surface area (Å²) in [6.45, 7) is 6.38. The van der Waals surface area contributed by atoms with E-state index in [2.05, 4.69) is 15.1 Å². The highest BCUT2D eigenvalue weighted by Gasteiger charge is 2.32. The first-order chi connectivity index (χ1) is 27.5. The number of amides is 1. The number of carbonyl (C=O) groups excluding carboxylic acids is 1. The number of hydrogen-bond acceptors (Lipinski definition) is 10. The molecule has 3 aliphatic rings. The van der Waals surface area contributed by atoms with Crippen molar-refractivity contribution in [3.8, 4) is 28.3 Å². The van der Waals surface area contributed by atoms with E-state index in [0.717, 1.165) is 74.9 Å². The average Bonchev–Trinajstić information content (AvgIpc) is 3.92. The van der Waals surface area contributed by atoms with Crippen LogP contribution in [0.2, 0.25) is 5.02 Å². The third-order valence-corrected chi connectivity index (χ3v) is 11.7. The molecule has 16 heteroatoms. The van der Waals surface area contributed by atoms with Crippen molar-refractivity contribution < 1.29 is 37.4 Å². The lowest BCUT2D eigenvalue weighted by Crippen LogP contribution is -2.42. The van der Waals surface area contributed by atoms with Crippen molar-refractivity contribution in [2.24, 2.45) is 7.05 Å². The molecular weight excluding hydrogens is 760 g/mol. The number of aliphatic carboxylic acids is 1. The predicted molar refractivity (Wildman–Crippen MR) is 210 cm³/mol. The van der Waals surface area contributed by atoms with E-state index in [0.29, 0.717) is 64.7 Å². The lowest BCUT2D eigenvalue weighted by molar-refractivity contribution is -0.142. The van der Waals surface area contributed by atoms with Crippen LogP contribution < -0.4 is 10.1 Å². The molecule has 3 aromatic carbocycles. The number of likely N-dealkylation sites (tertiary alicyclic amines) is 1. The van der Waals surface area contributed by atoms with E-state index in [1.165, 1.54) is 6.07 Å². The molecule has 1 amide bonds. The van der Waals surface area contributed by atoms with Gasteiger partial charge in [-0.1, -0.05) is 35.9 Å². The third kappa shape index (κ3) is 8.12. The molecule has 2 fully saturated rings. The summed E-state index contributed by atoms with van der Waals surface area (Å²) in [6, 6.07) is 13.3. The van der Waals surface area contributed by atoms with Crippen molar-refractivity contribution in [1.29, 1.82) is 0 Å². The van der Waals surface area contributed by atoms with Crippen LogP contribution in [0.1, 0.15) is 46.0 Å². The summed E-state index contributed by atoms with van der Waals surface area (Å²) in [5.41, 5.74) is 6.33. The maximum Gasteiger partial charge on any atom is 0.387 e. The molecule has 8 rings (SSSR count). The summed E-state index contributed by atoms with van der Waals surface area (Å²) in [6.07, 6.45) is 1.97. The molecule has 2 N–H and O–H groups in total. The monoisotopic (exact) mass is 803 g/mol. The highest BCUT2D eigenvalue weighted by atomic mass is 35.5. The number of nitrogens with zero attached hydrogens (tertiary/aromatic N) is 6. The van der Waals surface area contributed by atoms with E-state index in [1.54, 1.807) is 17.0 Å². The summed E-state index contributed by atoms with van der Waals surface area (Å²) in [5.74, 6) is -0.836. The Morgan fingerprint density at radius 2 is 1.77 bits per heavy atom. The number of oxazole rings is 1. The van der Waals surface area contributed by atoms with Crippen molar-refractivity contribution >= 4 is 40.3 Å². The molecule has 13 nitrogen and oxygen atoms in total. The topological polar surface area (TPSA) is 138 Å². The first-order valence-corrected chi connectivity index (χ1v) is 19.5. The Labute approximate surface area is 333 Å². The number of nitrogens with one attached hydrogen (secondary N) is 1. The molecule has 300 valence electrons. The normalized spacial score (nSPS) is 18.0. The summed E-state index contributed by atoms with van der Waals surface area (Å²) in [7, 11) is 1.87. The predicted octanol–water partition coefficient (Wildman–Crippen LogP) is 6.45. The molecule has 2 aromatic heterocycles. The van der Waals surface area contributed by atoms with Gasteiger partial charge in [0, 0.05) is 87.7 Å². The van der Waals surface area contributed by atoms with Crippen molar-refractivity contribution in [2.75, 3.05) is 57.8 Å². The lowest BCUT2D eigenvalue weighted by Gasteiger charge is -2.31. The lowest BCUT2D eigenvalue weighted by atomic mass is 9.96. The fourth-order valence-corrected chi connectivity index (χ4v) is 8.49. The number of carboxylic acid groups (broad SMARTS) is 1. The number of fused-ring (bicyclic) bond motifs is 2. The van der Waals surface area contributed by atoms with Gasteiger partial charge in [-0.25, -0.2) is 9.97 Å². The maximum absolute atomic E-state index is 13.7. The second-order valence-corrected chi connectivity index (χ2v) is 15.1. The zero-order valence-electron chi connectivity index (χ0n) is 31.8. The first-order valence-electron chi connectivity index (χ1n) is 19.2. The van der Waals surface area contributed by atoms with E-state index in [9.17, 15) is 23.5 Å². The van der Waals surface area contributed by atoms with E-state index in [1.807, 2.05) is 48.9 Å². The number of rotatable bonds is 12. The van der Waals surface area contributed by atoms with Crippen LogP contribution in [-0.2, 0) is 36.1 Å². The number of morpholine rings is 1. The van der Waals surface area contributed by atoms with Crippen LogP contribution in [0.4, 0.5) is 14.5 Å². The SMILES string of the molecule is Cc1c(-c2nc3cc(CN4CCC[C@H]4C(=O)O)c(OC(F)F)cc3o2)cccc1-c1cccc(NC(=O)c2nc3c(n2C)CCN(CCN2CCOCC2)C3)c1Cl. The quantitative estimate of drug-likeness (QED) is 0.144. The zero-order chi connectivity index (χ0) is 39.8. The van der Waals surface area contributed by atoms with Crippen LogP contribution in [0, 0.1) is 6.92 Å². The van der Waals surface area contributed by atoms with Crippen molar-refractivity contribution in [1.82, 2.24) is 29.2 Å². The van der Waals surface area contributed by atoms with Gasteiger partial charge in [0.25, 0.3) is 5.91 Å². The maximum atomic E-state index is 13.7. The zero-order valence-corrected chi connectivity index (χ0v) is 32.5. The highest BCUT2D eigenvalue weighted by molar-refractivity contribution is 6.36. The van der Waals surface area contributed by atoms with Crippen LogP contribution in [0.3, 0.4) is 0 Å². The smallest absolute Gasteiger partial charge is 0.387 e. The average molecular weight is 804 g/mol. The van der Waals surface area contributed by atoms with Gasteiger partial charge in [0.1, 0.15) is 17.3 Å². The Balaban J connectivity index is 1.02. The number of benzene rings is 3. The Kier molecular flexibility index (Phi) is 11.3. The number of imidazole rings is 1. The molecule has 2 saturated heterocycles. The van der Waals surface area contributed by atoms with Gasteiger partial charge in [0.2, 0.25) is 5.89 Å². The van der Waals surface area contributed by atoms with E-state index < -0.39 is 18.6 Å². The molecule has 57 heavy (non-hydrogen) atoms. The molecule has 1 atom stereocenters. The Bertz CT molecular complexity index is 2310. The van der Waals surface area contributed by atoms with Crippen molar-refractivity contribution in [2.45, 2.75) is 51.9 Å². The van der Waals surface area contributed by atoms with Gasteiger partial charge in [-0.3, -0.25) is 24.3 Å². The van der Waals surface area contributed by atoms with Crippen molar-refractivity contribution in [3.05, 3.63) is 81.9 Å². The molecule has 3 aliphatic heterocycles. The molecule has 5 aromatic rings. The van der Waals surface area contributed by atoms with Crippen LogP contribution in [0.5, 0.6) is 5.75 Å². The molecule has 0 radical (unpaired) electrons. The van der Waals surface area contributed by atoms with Crippen molar-refractivity contribution in [3.63, 3.8) is 0 Å². The van der Waals surface area contributed by atoms with Gasteiger partial charge < -0.3 is 28.9 Å². The first kappa shape index (κ1) is 38.9. The molecule has 5 heterocycles. The minimum absolute atomic E-state index is 0.0977. The van der Waals surface area contributed by atoms with Crippen LogP contribution >= 0.6 is 11.6 Å².